The van der Waals surface area contributed by atoms with Gasteiger partial charge in [0, 0.05) is 19.3 Å². The number of carbonyl (C=O) groups is 3. The fraction of sp³-hybridized carbons (Fsp3) is 0.476. The van der Waals surface area contributed by atoms with Crippen LogP contribution in [0.2, 0.25) is 0 Å². The standard InChI is InChI=1S/C21H24O6/c1-4-25-19(24)17-12-16(15-9-6-5-8-13(15)2)21(11-7-10-18(21)23)20(27-17)26-14(3)22/h5-6,8-9,12,16,20H,4,7,10-11H2,1-3H3/t16-,20-,21+/m0/s1. The van der Waals surface area contributed by atoms with Crippen molar-refractivity contribution in [2.24, 2.45) is 5.41 Å². The highest BCUT2D eigenvalue weighted by molar-refractivity contribution is 5.92. The number of Topliss-reactive ketones (excluding diaryl/α,β-unsaturated/α-hetero) is 1. The molecule has 1 heterocycles. The molecule has 0 unspecified atom stereocenters. The molecule has 0 N–H and O–H groups in total. The molecule has 1 aromatic carbocycles. The molecule has 0 bridgehead atoms. The third-order valence-corrected chi connectivity index (χ3v) is 5.31. The number of benzene rings is 1. The van der Waals surface area contributed by atoms with Gasteiger partial charge in [-0.3, -0.25) is 9.59 Å². The van der Waals surface area contributed by atoms with Crippen LogP contribution in [0.25, 0.3) is 0 Å². The summed E-state index contributed by atoms with van der Waals surface area (Å²) < 4.78 is 16.2. The zero-order valence-corrected chi connectivity index (χ0v) is 15.8. The minimum Gasteiger partial charge on any atom is -0.460 e. The molecule has 1 aromatic rings. The highest BCUT2D eigenvalue weighted by Gasteiger charge is 2.59. The summed E-state index contributed by atoms with van der Waals surface area (Å²) in [6.07, 6.45) is 2.11. The van der Waals surface area contributed by atoms with Gasteiger partial charge in [-0.25, -0.2) is 4.79 Å². The van der Waals surface area contributed by atoms with E-state index in [2.05, 4.69) is 0 Å². The van der Waals surface area contributed by atoms with Crippen molar-refractivity contribution >= 4 is 17.7 Å². The number of allylic oxidation sites excluding steroid dienone is 1. The van der Waals surface area contributed by atoms with Gasteiger partial charge in [-0.1, -0.05) is 24.3 Å². The van der Waals surface area contributed by atoms with E-state index in [9.17, 15) is 14.4 Å². The van der Waals surface area contributed by atoms with Crippen LogP contribution in [-0.4, -0.2) is 30.6 Å². The molecule has 27 heavy (non-hydrogen) atoms. The van der Waals surface area contributed by atoms with Crippen LogP contribution in [-0.2, 0) is 28.6 Å². The molecule has 0 aromatic heterocycles. The molecule has 1 fully saturated rings. The van der Waals surface area contributed by atoms with Gasteiger partial charge in [-0.05, 0) is 43.9 Å². The van der Waals surface area contributed by atoms with Crippen molar-refractivity contribution in [1.82, 2.24) is 0 Å². The Labute approximate surface area is 158 Å². The van der Waals surface area contributed by atoms with E-state index in [0.717, 1.165) is 11.1 Å². The second-order valence-corrected chi connectivity index (χ2v) is 6.96. The van der Waals surface area contributed by atoms with Crippen molar-refractivity contribution < 1.29 is 28.6 Å². The average molecular weight is 372 g/mol. The molecule has 2 aliphatic rings. The first kappa shape index (κ1) is 19.1. The molecule has 0 amide bonds. The van der Waals surface area contributed by atoms with Crippen LogP contribution in [0.1, 0.15) is 50.2 Å². The van der Waals surface area contributed by atoms with Gasteiger partial charge in [0.1, 0.15) is 11.2 Å². The van der Waals surface area contributed by atoms with Crippen LogP contribution in [0.5, 0.6) is 0 Å². The fourth-order valence-electron chi connectivity index (χ4n) is 4.10. The summed E-state index contributed by atoms with van der Waals surface area (Å²) in [7, 11) is 0. The quantitative estimate of drug-likeness (QED) is 0.756. The van der Waals surface area contributed by atoms with Crippen molar-refractivity contribution in [1.29, 1.82) is 0 Å². The topological polar surface area (TPSA) is 78.9 Å². The van der Waals surface area contributed by atoms with E-state index in [0.29, 0.717) is 19.3 Å². The van der Waals surface area contributed by atoms with Gasteiger partial charge in [-0.2, -0.15) is 0 Å². The van der Waals surface area contributed by atoms with Gasteiger partial charge in [0.15, 0.2) is 0 Å². The number of carbonyl (C=O) groups excluding carboxylic acids is 3. The number of aryl methyl sites for hydroxylation is 1. The predicted octanol–water partition coefficient (Wildman–Crippen LogP) is 3.18. The monoisotopic (exact) mass is 372 g/mol. The summed E-state index contributed by atoms with van der Waals surface area (Å²) in [6.45, 7) is 5.11. The van der Waals surface area contributed by atoms with Crippen molar-refractivity contribution in [3.05, 3.63) is 47.2 Å². The van der Waals surface area contributed by atoms with Crippen LogP contribution in [0.3, 0.4) is 0 Å². The number of rotatable bonds is 4. The molecular weight excluding hydrogens is 348 g/mol. The van der Waals surface area contributed by atoms with E-state index in [1.807, 2.05) is 31.2 Å². The maximum Gasteiger partial charge on any atom is 0.373 e. The minimum absolute atomic E-state index is 0.0128. The van der Waals surface area contributed by atoms with E-state index in [1.54, 1.807) is 13.0 Å². The van der Waals surface area contributed by atoms with Crippen molar-refractivity contribution in [2.45, 2.75) is 52.2 Å². The molecule has 1 aliphatic heterocycles. The first-order chi connectivity index (χ1) is 12.9. The van der Waals surface area contributed by atoms with Gasteiger partial charge in [0.2, 0.25) is 5.76 Å². The van der Waals surface area contributed by atoms with Crippen LogP contribution >= 0.6 is 0 Å². The SMILES string of the molecule is CCOC(=O)C1=C[C@@H](c2ccccc2C)[C@@]2(CCCC2=O)[C@@H](OC(C)=O)O1. The normalized spacial score (nSPS) is 27.1. The van der Waals surface area contributed by atoms with Gasteiger partial charge < -0.3 is 14.2 Å². The third-order valence-electron chi connectivity index (χ3n) is 5.31. The van der Waals surface area contributed by atoms with Gasteiger partial charge >= 0.3 is 11.9 Å². The summed E-state index contributed by atoms with van der Waals surface area (Å²) in [6, 6.07) is 7.70. The Morgan fingerprint density at radius 3 is 2.63 bits per heavy atom. The van der Waals surface area contributed by atoms with Crippen molar-refractivity contribution in [2.75, 3.05) is 6.61 Å². The molecule has 144 valence electrons. The molecule has 6 nitrogen and oxygen atoms in total. The molecule has 0 radical (unpaired) electrons. The number of hydrogen-bond acceptors (Lipinski definition) is 6. The van der Waals surface area contributed by atoms with E-state index in [-0.39, 0.29) is 18.1 Å². The lowest BCUT2D eigenvalue weighted by Crippen LogP contribution is -2.50. The van der Waals surface area contributed by atoms with E-state index >= 15 is 0 Å². The van der Waals surface area contributed by atoms with Gasteiger partial charge in [-0.15, -0.1) is 0 Å². The highest BCUT2D eigenvalue weighted by atomic mass is 16.7. The zero-order valence-electron chi connectivity index (χ0n) is 15.8. The number of ether oxygens (including phenoxy) is 3. The molecule has 6 heteroatoms. The first-order valence-corrected chi connectivity index (χ1v) is 9.21. The second kappa shape index (κ2) is 7.55. The lowest BCUT2D eigenvalue weighted by atomic mass is 9.67. The molecule has 1 aliphatic carbocycles. The molecule has 3 atom stereocenters. The fourth-order valence-corrected chi connectivity index (χ4v) is 4.10. The predicted molar refractivity (Wildman–Crippen MR) is 96.6 cm³/mol. The lowest BCUT2D eigenvalue weighted by Gasteiger charge is -2.43. The van der Waals surface area contributed by atoms with E-state index < -0.39 is 29.6 Å². The van der Waals surface area contributed by atoms with Crippen LogP contribution in [0.4, 0.5) is 0 Å². The third kappa shape index (κ3) is 3.36. The maximum absolute atomic E-state index is 13.0. The number of ketones is 1. The average Bonchev–Trinajstić information content (AvgIpc) is 2.99. The Kier molecular flexibility index (Phi) is 5.35. The molecule has 1 spiro atoms. The molecule has 3 rings (SSSR count). The second-order valence-electron chi connectivity index (χ2n) is 6.96. The van der Waals surface area contributed by atoms with E-state index in [4.69, 9.17) is 14.2 Å². The summed E-state index contributed by atoms with van der Waals surface area (Å²) in [4.78, 5) is 37.1. The highest BCUT2D eigenvalue weighted by Crippen LogP contribution is 2.54. The number of hydrogen-bond donors (Lipinski definition) is 0. The Balaban J connectivity index is 2.17. The Hall–Kier alpha value is -2.63. The first-order valence-electron chi connectivity index (χ1n) is 9.21. The molecule has 0 saturated heterocycles. The van der Waals surface area contributed by atoms with Crippen LogP contribution < -0.4 is 0 Å². The maximum atomic E-state index is 13.0. The largest absolute Gasteiger partial charge is 0.460 e. The van der Waals surface area contributed by atoms with Crippen molar-refractivity contribution in [3.63, 3.8) is 0 Å². The smallest absolute Gasteiger partial charge is 0.373 e. The Morgan fingerprint density at radius 2 is 2.04 bits per heavy atom. The van der Waals surface area contributed by atoms with Gasteiger partial charge in [0.25, 0.3) is 6.29 Å². The zero-order chi connectivity index (χ0) is 19.6. The number of esters is 2. The lowest BCUT2D eigenvalue weighted by molar-refractivity contribution is -0.207. The van der Waals surface area contributed by atoms with E-state index in [1.165, 1.54) is 6.92 Å². The van der Waals surface area contributed by atoms with Gasteiger partial charge in [0.05, 0.1) is 6.61 Å². The summed E-state index contributed by atoms with van der Waals surface area (Å²) in [5.74, 6) is -1.67. The Bertz CT molecular complexity index is 796. The summed E-state index contributed by atoms with van der Waals surface area (Å²) >= 11 is 0. The summed E-state index contributed by atoms with van der Waals surface area (Å²) in [5.41, 5.74) is 0.868. The van der Waals surface area contributed by atoms with Crippen molar-refractivity contribution in [3.8, 4) is 0 Å². The van der Waals surface area contributed by atoms with Crippen LogP contribution in [0, 0.1) is 12.3 Å². The molecule has 1 saturated carbocycles. The molecular formula is C21H24O6. The minimum atomic E-state index is -1.15. The van der Waals surface area contributed by atoms with Crippen LogP contribution in [0.15, 0.2) is 36.1 Å². The Morgan fingerprint density at radius 1 is 1.30 bits per heavy atom. The summed E-state index contributed by atoms with van der Waals surface area (Å²) in [5, 5.41) is 0.